The summed E-state index contributed by atoms with van der Waals surface area (Å²) in [6, 6.07) is 20.5. The molecular formula is C36H35FO2. The van der Waals surface area contributed by atoms with Crippen molar-refractivity contribution in [1.82, 2.24) is 0 Å². The number of ether oxygens (including phenoxy) is 1. The molecule has 2 unspecified atom stereocenters. The van der Waals surface area contributed by atoms with Gasteiger partial charge in [0.05, 0.1) is 7.11 Å². The standard InChI is InChI=1S/C36H35FO2/c1-7-26-16-17-29(23-34(26)39-6)35-24(3)30(22-33(38)28-10-9-11-31(37)20-28)21-32(35)27-14-12-25(13-15-27)18-19-36(4,5)8-2/h7-17,20,23,30,32H,1-2,21-22H2,3-6H3. The first kappa shape index (κ1) is 27.9. The van der Waals surface area contributed by atoms with Crippen LogP contribution in [0.15, 0.2) is 91.5 Å². The minimum absolute atomic E-state index is 0.0405. The zero-order valence-electron chi connectivity index (χ0n) is 23.2. The van der Waals surface area contributed by atoms with Crippen LogP contribution < -0.4 is 4.74 Å². The van der Waals surface area contributed by atoms with E-state index in [1.165, 1.54) is 28.8 Å². The van der Waals surface area contributed by atoms with Crippen molar-refractivity contribution in [2.75, 3.05) is 7.11 Å². The van der Waals surface area contributed by atoms with Gasteiger partial charge in [0.25, 0.3) is 0 Å². The average Bonchev–Trinajstić information content (AvgIpc) is 3.27. The second-order valence-electron chi connectivity index (χ2n) is 10.7. The summed E-state index contributed by atoms with van der Waals surface area (Å²) >= 11 is 0. The molecule has 1 aliphatic carbocycles. The van der Waals surface area contributed by atoms with Gasteiger partial charge in [0.2, 0.25) is 0 Å². The van der Waals surface area contributed by atoms with Gasteiger partial charge in [0.15, 0.2) is 5.78 Å². The minimum Gasteiger partial charge on any atom is -0.496 e. The third-order valence-electron chi connectivity index (χ3n) is 7.60. The Bertz CT molecular complexity index is 1490. The average molecular weight is 519 g/mol. The molecule has 0 saturated heterocycles. The molecule has 2 nitrogen and oxygen atoms in total. The molecule has 0 bridgehead atoms. The van der Waals surface area contributed by atoms with E-state index in [-0.39, 0.29) is 23.0 Å². The number of benzene rings is 3. The van der Waals surface area contributed by atoms with Crippen molar-refractivity contribution in [3.8, 4) is 17.6 Å². The highest BCUT2D eigenvalue weighted by Gasteiger charge is 2.34. The molecule has 1 aliphatic rings. The Morgan fingerprint density at radius 2 is 1.85 bits per heavy atom. The van der Waals surface area contributed by atoms with Gasteiger partial charge in [-0.15, -0.1) is 6.58 Å². The SMILES string of the molecule is C=Cc1ccc(C2=C(C)C(CC(=O)c3cccc(F)c3)CC2c2ccc(C#CC(C)(C)C=C)cc2)cc1OC. The maximum Gasteiger partial charge on any atom is 0.163 e. The molecule has 3 aromatic rings. The van der Waals surface area contributed by atoms with E-state index in [4.69, 9.17) is 4.74 Å². The number of allylic oxidation sites excluding steroid dienone is 3. The van der Waals surface area contributed by atoms with E-state index < -0.39 is 5.82 Å². The molecule has 0 N–H and O–H groups in total. The number of carbonyl (C=O) groups is 1. The lowest BCUT2D eigenvalue weighted by Crippen LogP contribution is -2.09. The molecular weight excluding hydrogens is 483 g/mol. The summed E-state index contributed by atoms with van der Waals surface area (Å²) in [6.45, 7) is 14.0. The van der Waals surface area contributed by atoms with E-state index >= 15 is 0 Å². The molecule has 0 spiro atoms. The topological polar surface area (TPSA) is 26.3 Å². The summed E-state index contributed by atoms with van der Waals surface area (Å²) in [5, 5.41) is 0. The van der Waals surface area contributed by atoms with Gasteiger partial charge in [0, 0.05) is 34.4 Å². The first-order valence-corrected chi connectivity index (χ1v) is 13.2. The third kappa shape index (κ3) is 6.29. The summed E-state index contributed by atoms with van der Waals surface area (Å²) < 4.78 is 19.4. The first-order valence-electron chi connectivity index (χ1n) is 13.2. The van der Waals surface area contributed by atoms with Gasteiger partial charge >= 0.3 is 0 Å². The van der Waals surface area contributed by atoms with Crippen LogP contribution in [-0.4, -0.2) is 12.9 Å². The molecule has 0 radical (unpaired) electrons. The molecule has 39 heavy (non-hydrogen) atoms. The summed E-state index contributed by atoms with van der Waals surface area (Å²) in [5.41, 5.74) is 6.65. The van der Waals surface area contributed by atoms with Crippen molar-refractivity contribution >= 4 is 17.4 Å². The Kier molecular flexibility index (Phi) is 8.36. The summed E-state index contributed by atoms with van der Waals surface area (Å²) in [4.78, 5) is 13.1. The smallest absolute Gasteiger partial charge is 0.163 e. The molecule has 4 rings (SSSR count). The fraction of sp³-hybridized carbons (Fsp3) is 0.250. The zero-order chi connectivity index (χ0) is 28.2. The van der Waals surface area contributed by atoms with E-state index in [1.54, 1.807) is 25.3 Å². The monoisotopic (exact) mass is 518 g/mol. The predicted octanol–water partition coefficient (Wildman–Crippen LogP) is 8.89. The van der Waals surface area contributed by atoms with E-state index in [0.717, 1.165) is 28.9 Å². The van der Waals surface area contributed by atoms with Crippen molar-refractivity contribution in [1.29, 1.82) is 0 Å². The number of halogens is 1. The molecule has 3 aromatic carbocycles. The Morgan fingerprint density at radius 3 is 2.49 bits per heavy atom. The second-order valence-corrected chi connectivity index (χ2v) is 10.7. The molecule has 0 saturated carbocycles. The Balaban J connectivity index is 1.72. The van der Waals surface area contributed by atoms with Crippen LogP contribution in [0.3, 0.4) is 0 Å². The summed E-state index contributed by atoms with van der Waals surface area (Å²) in [5.74, 6) is 6.98. The van der Waals surface area contributed by atoms with Crippen molar-refractivity contribution in [2.45, 2.75) is 39.5 Å². The summed E-state index contributed by atoms with van der Waals surface area (Å²) in [6.07, 6.45) is 4.76. The fourth-order valence-corrected chi connectivity index (χ4v) is 5.18. The molecule has 3 heteroatoms. The number of rotatable bonds is 8. The van der Waals surface area contributed by atoms with Crippen molar-refractivity contribution < 1.29 is 13.9 Å². The molecule has 0 amide bonds. The normalized spacial score (nSPS) is 16.8. The molecule has 0 heterocycles. The highest BCUT2D eigenvalue weighted by Crippen LogP contribution is 2.50. The number of Topliss-reactive ketones (excluding diaryl/α,β-unsaturated/α-hetero) is 1. The van der Waals surface area contributed by atoms with Crippen LogP contribution in [-0.2, 0) is 0 Å². The maximum absolute atomic E-state index is 13.8. The van der Waals surface area contributed by atoms with Crippen molar-refractivity contribution in [3.63, 3.8) is 0 Å². The maximum atomic E-state index is 13.8. The lowest BCUT2D eigenvalue weighted by Gasteiger charge is -2.18. The van der Waals surface area contributed by atoms with Crippen LogP contribution >= 0.6 is 0 Å². The molecule has 0 aromatic heterocycles. The van der Waals surface area contributed by atoms with E-state index in [1.807, 2.05) is 26.0 Å². The Labute approximate surface area is 231 Å². The van der Waals surface area contributed by atoms with E-state index in [2.05, 4.69) is 68.3 Å². The van der Waals surface area contributed by atoms with Crippen molar-refractivity contribution in [2.24, 2.45) is 11.3 Å². The van der Waals surface area contributed by atoms with Gasteiger partial charge in [-0.3, -0.25) is 4.79 Å². The number of hydrogen-bond donors (Lipinski definition) is 0. The Hall–Kier alpha value is -4.16. The zero-order valence-corrected chi connectivity index (χ0v) is 23.2. The van der Waals surface area contributed by atoms with Crippen LogP contribution in [0, 0.1) is 29.0 Å². The number of ketones is 1. The molecule has 198 valence electrons. The molecule has 2 atom stereocenters. The summed E-state index contributed by atoms with van der Waals surface area (Å²) in [7, 11) is 1.66. The van der Waals surface area contributed by atoms with Gasteiger partial charge in [-0.1, -0.05) is 72.5 Å². The highest BCUT2D eigenvalue weighted by molar-refractivity contribution is 5.97. The van der Waals surface area contributed by atoms with Crippen molar-refractivity contribution in [3.05, 3.63) is 125 Å². The highest BCUT2D eigenvalue weighted by atomic mass is 19.1. The minimum atomic E-state index is -0.396. The van der Waals surface area contributed by atoms with Gasteiger partial charge in [-0.25, -0.2) is 4.39 Å². The van der Waals surface area contributed by atoms with Crippen LogP contribution in [0.1, 0.15) is 72.1 Å². The Morgan fingerprint density at radius 1 is 1.10 bits per heavy atom. The molecule has 0 fully saturated rings. The third-order valence-corrected chi connectivity index (χ3v) is 7.60. The van der Waals surface area contributed by atoms with Gasteiger partial charge < -0.3 is 4.74 Å². The lowest BCUT2D eigenvalue weighted by molar-refractivity contribution is 0.0966. The lowest BCUT2D eigenvalue weighted by atomic mass is 9.86. The number of hydrogen-bond acceptors (Lipinski definition) is 2. The number of methoxy groups -OCH3 is 1. The fourth-order valence-electron chi connectivity index (χ4n) is 5.18. The van der Waals surface area contributed by atoms with Crippen LogP contribution in [0.5, 0.6) is 5.75 Å². The van der Waals surface area contributed by atoms with E-state index in [0.29, 0.717) is 12.0 Å². The van der Waals surface area contributed by atoms with Crippen LogP contribution in [0.4, 0.5) is 4.39 Å². The first-order chi connectivity index (χ1) is 18.7. The van der Waals surface area contributed by atoms with E-state index in [9.17, 15) is 9.18 Å². The number of carbonyl (C=O) groups excluding carboxylic acids is 1. The van der Waals surface area contributed by atoms with Gasteiger partial charge in [-0.2, -0.15) is 0 Å². The van der Waals surface area contributed by atoms with Gasteiger partial charge in [-0.05, 0) is 80.1 Å². The quantitative estimate of drug-likeness (QED) is 0.169. The predicted molar refractivity (Wildman–Crippen MR) is 159 cm³/mol. The molecule has 0 aliphatic heterocycles. The van der Waals surface area contributed by atoms with Crippen LogP contribution in [0.2, 0.25) is 0 Å². The van der Waals surface area contributed by atoms with Crippen LogP contribution in [0.25, 0.3) is 11.6 Å². The second kappa shape index (κ2) is 11.7. The largest absolute Gasteiger partial charge is 0.496 e. The van der Waals surface area contributed by atoms with Gasteiger partial charge in [0.1, 0.15) is 11.6 Å².